The molecule has 9 heteroatoms. The molecular formula is C26H35N7O2. The van der Waals surface area contributed by atoms with E-state index < -0.39 is 11.7 Å². The van der Waals surface area contributed by atoms with Gasteiger partial charge in [-0.05, 0) is 58.7 Å². The molecule has 0 aromatic carbocycles. The van der Waals surface area contributed by atoms with E-state index in [-0.39, 0.29) is 0 Å². The Labute approximate surface area is 206 Å². The Morgan fingerprint density at radius 3 is 2.63 bits per heavy atom. The number of carbonyl (C=O) groups is 1. The van der Waals surface area contributed by atoms with E-state index in [9.17, 15) is 4.79 Å². The maximum Gasteiger partial charge on any atom is 0.412 e. The van der Waals surface area contributed by atoms with Gasteiger partial charge in [0.1, 0.15) is 5.60 Å². The summed E-state index contributed by atoms with van der Waals surface area (Å²) < 4.78 is 7.17. The maximum atomic E-state index is 12.1. The predicted octanol–water partition coefficient (Wildman–Crippen LogP) is 5.59. The number of hydrogen-bond donors (Lipinski definition) is 2. The van der Waals surface area contributed by atoms with Crippen molar-refractivity contribution in [1.29, 1.82) is 0 Å². The van der Waals surface area contributed by atoms with Gasteiger partial charge in [-0.1, -0.05) is 19.3 Å². The monoisotopic (exact) mass is 477 g/mol. The van der Waals surface area contributed by atoms with Crippen LogP contribution >= 0.6 is 0 Å². The lowest BCUT2D eigenvalue weighted by atomic mass is 9.87. The van der Waals surface area contributed by atoms with Crippen LogP contribution in [0.2, 0.25) is 0 Å². The summed E-state index contributed by atoms with van der Waals surface area (Å²) in [7, 11) is 1.91. The third-order valence-corrected chi connectivity index (χ3v) is 6.17. The zero-order valence-electron chi connectivity index (χ0n) is 21.3. The topological polar surface area (TPSA) is 107 Å². The van der Waals surface area contributed by atoms with Gasteiger partial charge in [0.15, 0.2) is 0 Å². The van der Waals surface area contributed by atoms with Gasteiger partial charge in [-0.15, -0.1) is 0 Å². The molecule has 0 spiro atoms. The minimum atomic E-state index is -0.567. The summed E-state index contributed by atoms with van der Waals surface area (Å²) >= 11 is 0. The quantitative estimate of drug-likeness (QED) is 0.477. The highest BCUT2D eigenvalue weighted by molar-refractivity contribution is 5.86. The van der Waals surface area contributed by atoms with E-state index in [4.69, 9.17) is 14.7 Å². The van der Waals surface area contributed by atoms with Crippen molar-refractivity contribution in [1.82, 2.24) is 24.7 Å². The van der Waals surface area contributed by atoms with E-state index in [0.717, 1.165) is 22.6 Å². The summed E-state index contributed by atoms with van der Waals surface area (Å²) in [6, 6.07) is 5.75. The van der Waals surface area contributed by atoms with Crippen molar-refractivity contribution in [3.05, 3.63) is 47.7 Å². The van der Waals surface area contributed by atoms with E-state index in [2.05, 4.69) is 20.7 Å². The van der Waals surface area contributed by atoms with Crippen LogP contribution in [0.1, 0.15) is 75.9 Å². The normalized spacial score (nSPS) is 14.5. The molecule has 1 amide bonds. The van der Waals surface area contributed by atoms with Gasteiger partial charge in [-0.3, -0.25) is 15.0 Å². The summed E-state index contributed by atoms with van der Waals surface area (Å²) in [6.45, 7) is 7.86. The Hall–Kier alpha value is -3.49. The van der Waals surface area contributed by atoms with E-state index in [0.29, 0.717) is 29.8 Å². The minimum Gasteiger partial charge on any atom is -0.444 e. The van der Waals surface area contributed by atoms with Crippen LogP contribution in [0, 0.1) is 6.92 Å². The lowest BCUT2D eigenvalue weighted by Gasteiger charge is -2.21. The van der Waals surface area contributed by atoms with Gasteiger partial charge in [0.2, 0.25) is 5.95 Å². The number of aryl methyl sites for hydroxylation is 2. The smallest absolute Gasteiger partial charge is 0.412 e. The van der Waals surface area contributed by atoms with Crippen molar-refractivity contribution in [2.45, 2.75) is 77.9 Å². The summed E-state index contributed by atoms with van der Waals surface area (Å²) in [6.07, 6.45) is 9.41. The lowest BCUT2D eigenvalue weighted by Crippen LogP contribution is -2.27. The zero-order valence-corrected chi connectivity index (χ0v) is 21.3. The number of amides is 1. The summed E-state index contributed by atoms with van der Waals surface area (Å²) in [5, 5.41) is 10.6. The molecule has 0 bridgehead atoms. The number of rotatable bonds is 6. The standard InChI is InChI=1S/C26H35N7O2/c1-17-20(32-25(34)35-26(2,3)4)11-12-22(30-17)19-15-29-33(5)23(19)16-28-24-27-14-13-21(31-24)18-9-7-6-8-10-18/h11-15,18H,6-10,16H2,1-5H3,(H,32,34)(H,27,28,31). The number of anilines is 2. The highest BCUT2D eigenvalue weighted by Crippen LogP contribution is 2.32. The second kappa shape index (κ2) is 10.4. The molecule has 3 aromatic heterocycles. The van der Waals surface area contributed by atoms with E-state index in [1.54, 1.807) is 6.20 Å². The Morgan fingerprint density at radius 1 is 1.14 bits per heavy atom. The van der Waals surface area contributed by atoms with Gasteiger partial charge < -0.3 is 10.1 Å². The van der Waals surface area contributed by atoms with E-state index in [1.807, 2.05) is 63.8 Å². The van der Waals surface area contributed by atoms with Gasteiger partial charge in [0.05, 0.1) is 35.5 Å². The molecule has 0 radical (unpaired) electrons. The lowest BCUT2D eigenvalue weighted by molar-refractivity contribution is 0.0635. The van der Waals surface area contributed by atoms with Crippen LogP contribution in [0.25, 0.3) is 11.3 Å². The average Bonchev–Trinajstić information content (AvgIpc) is 3.19. The Kier molecular flexibility index (Phi) is 7.33. The zero-order chi connectivity index (χ0) is 25.0. The van der Waals surface area contributed by atoms with Crippen molar-refractivity contribution >= 4 is 17.7 Å². The summed E-state index contributed by atoms with van der Waals surface area (Å²) in [5.74, 6) is 1.15. The molecule has 0 atom stereocenters. The largest absolute Gasteiger partial charge is 0.444 e. The fraction of sp³-hybridized carbons (Fsp3) is 0.500. The van der Waals surface area contributed by atoms with Gasteiger partial charge in [-0.25, -0.2) is 14.8 Å². The Morgan fingerprint density at radius 2 is 1.91 bits per heavy atom. The number of aromatic nitrogens is 5. The van der Waals surface area contributed by atoms with Crippen LogP contribution in [0.3, 0.4) is 0 Å². The van der Waals surface area contributed by atoms with Gasteiger partial charge >= 0.3 is 6.09 Å². The molecular weight excluding hydrogens is 442 g/mol. The molecule has 3 aromatic rings. The number of nitrogens with zero attached hydrogens (tertiary/aromatic N) is 5. The van der Waals surface area contributed by atoms with Gasteiger partial charge in [-0.2, -0.15) is 5.10 Å². The molecule has 4 rings (SSSR count). The summed E-state index contributed by atoms with van der Waals surface area (Å²) in [4.78, 5) is 26.1. The van der Waals surface area contributed by atoms with Crippen LogP contribution < -0.4 is 10.6 Å². The van der Waals surface area contributed by atoms with Crippen LogP contribution in [-0.4, -0.2) is 36.4 Å². The number of pyridine rings is 1. The number of carbonyl (C=O) groups excluding carboxylic acids is 1. The number of ether oxygens (including phenoxy) is 1. The fourth-order valence-corrected chi connectivity index (χ4v) is 4.39. The predicted molar refractivity (Wildman–Crippen MR) is 136 cm³/mol. The van der Waals surface area contributed by atoms with Gasteiger partial charge in [0, 0.05) is 30.4 Å². The van der Waals surface area contributed by atoms with Crippen molar-refractivity contribution in [2.75, 3.05) is 10.6 Å². The van der Waals surface area contributed by atoms with Gasteiger partial charge in [0.25, 0.3) is 0 Å². The third kappa shape index (κ3) is 6.35. The second-order valence-corrected chi connectivity index (χ2v) is 10.1. The number of hydrogen-bond acceptors (Lipinski definition) is 7. The van der Waals surface area contributed by atoms with Crippen LogP contribution in [0.5, 0.6) is 0 Å². The Bertz CT molecular complexity index is 1180. The van der Waals surface area contributed by atoms with Crippen LogP contribution in [0.15, 0.2) is 30.6 Å². The molecule has 1 aliphatic rings. The molecule has 35 heavy (non-hydrogen) atoms. The SMILES string of the molecule is Cc1nc(-c2cnn(C)c2CNc2nccc(C3CCCCC3)n2)ccc1NC(=O)OC(C)(C)C. The van der Waals surface area contributed by atoms with Crippen molar-refractivity contribution < 1.29 is 9.53 Å². The second-order valence-electron chi connectivity index (χ2n) is 10.1. The first-order valence-electron chi connectivity index (χ1n) is 12.3. The Balaban J connectivity index is 1.47. The molecule has 0 aliphatic heterocycles. The van der Waals surface area contributed by atoms with Crippen LogP contribution in [-0.2, 0) is 18.3 Å². The number of nitrogens with one attached hydrogen (secondary N) is 2. The first kappa shape index (κ1) is 24.6. The molecule has 0 saturated heterocycles. The highest BCUT2D eigenvalue weighted by atomic mass is 16.6. The molecule has 1 fully saturated rings. The van der Waals surface area contributed by atoms with Crippen LogP contribution in [0.4, 0.5) is 16.4 Å². The third-order valence-electron chi connectivity index (χ3n) is 6.17. The first-order chi connectivity index (χ1) is 16.7. The molecule has 1 aliphatic carbocycles. The maximum absolute atomic E-state index is 12.1. The highest BCUT2D eigenvalue weighted by Gasteiger charge is 2.19. The average molecular weight is 478 g/mol. The van der Waals surface area contributed by atoms with Crippen molar-refractivity contribution in [3.63, 3.8) is 0 Å². The fourth-order valence-electron chi connectivity index (χ4n) is 4.39. The molecule has 1 saturated carbocycles. The van der Waals surface area contributed by atoms with E-state index in [1.165, 1.54) is 32.1 Å². The first-order valence-corrected chi connectivity index (χ1v) is 12.3. The molecule has 186 valence electrons. The molecule has 3 heterocycles. The molecule has 2 N–H and O–H groups in total. The molecule has 9 nitrogen and oxygen atoms in total. The minimum absolute atomic E-state index is 0.503. The molecule has 0 unspecified atom stereocenters. The van der Waals surface area contributed by atoms with E-state index >= 15 is 0 Å². The summed E-state index contributed by atoms with van der Waals surface area (Å²) in [5.41, 5.74) is 4.52. The van der Waals surface area contributed by atoms with Crippen molar-refractivity contribution in [3.8, 4) is 11.3 Å². The van der Waals surface area contributed by atoms with Crippen molar-refractivity contribution in [2.24, 2.45) is 7.05 Å².